The molecule has 0 atom stereocenters. The molecule has 0 aromatic heterocycles. The molecule has 1 fully saturated rings. The number of carbonyl (C=O) groups excluding carboxylic acids is 1. The molecule has 1 saturated heterocycles. The molecule has 6 nitrogen and oxygen atoms in total. The third-order valence-corrected chi connectivity index (χ3v) is 7.48. The average Bonchev–Trinajstić information content (AvgIpc) is 2.90. The van der Waals surface area contributed by atoms with Crippen LogP contribution in [-0.4, -0.2) is 56.1 Å². The van der Waals surface area contributed by atoms with Crippen molar-refractivity contribution in [2.75, 3.05) is 26.2 Å². The van der Waals surface area contributed by atoms with Crippen LogP contribution in [0, 0.1) is 13.8 Å². The summed E-state index contributed by atoms with van der Waals surface area (Å²) in [6.07, 6.45) is 0.754. The van der Waals surface area contributed by atoms with Crippen molar-refractivity contribution < 1.29 is 13.2 Å². The maximum atomic E-state index is 13.0. The Morgan fingerprint density at radius 3 is 2.35 bits per heavy atom. The lowest BCUT2D eigenvalue weighted by molar-refractivity contribution is 0.0764. The summed E-state index contributed by atoms with van der Waals surface area (Å²) in [5, 5.41) is 0. The third-order valence-electron chi connectivity index (χ3n) is 6.01. The van der Waals surface area contributed by atoms with Crippen LogP contribution in [-0.2, 0) is 10.0 Å². The second kappa shape index (κ2) is 8.30. The van der Waals surface area contributed by atoms with Crippen molar-refractivity contribution in [3.05, 3.63) is 76.4 Å². The maximum absolute atomic E-state index is 13.0. The maximum Gasteiger partial charge on any atom is 0.285 e. The predicted molar refractivity (Wildman–Crippen MR) is 123 cm³/mol. The molecule has 31 heavy (non-hydrogen) atoms. The summed E-state index contributed by atoms with van der Waals surface area (Å²) in [4.78, 5) is 17.1. The lowest BCUT2D eigenvalue weighted by Crippen LogP contribution is -2.37. The lowest BCUT2D eigenvalue weighted by atomic mass is 10.1. The third kappa shape index (κ3) is 4.14. The highest BCUT2D eigenvalue weighted by molar-refractivity contribution is 8.00. The van der Waals surface area contributed by atoms with Crippen LogP contribution in [0.3, 0.4) is 0 Å². The van der Waals surface area contributed by atoms with Gasteiger partial charge < -0.3 is 9.80 Å². The highest BCUT2D eigenvalue weighted by Crippen LogP contribution is 2.33. The summed E-state index contributed by atoms with van der Waals surface area (Å²) < 4.78 is 29.7. The SMILES string of the molecule is CC1=C(c2ccccc2)S(=O)(=O)N=C1N1CCCN(C(=O)c2ccc(C)c(C)c2)CC1. The highest BCUT2D eigenvalue weighted by Gasteiger charge is 2.34. The molecule has 1 amide bonds. The Balaban J connectivity index is 1.54. The van der Waals surface area contributed by atoms with Gasteiger partial charge in [-0.3, -0.25) is 4.79 Å². The number of sulfonamides is 1. The Morgan fingerprint density at radius 1 is 0.903 bits per heavy atom. The van der Waals surface area contributed by atoms with Crippen LogP contribution in [0.5, 0.6) is 0 Å². The number of benzene rings is 2. The zero-order valence-electron chi connectivity index (χ0n) is 18.1. The number of hydrogen-bond acceptors (Lipinski definition) is 4. The minimum atomic E-state index is -3.74. The Labute approximate surface area is 184 Å². The van der Waals surface area contributed by atoms with Gasteiger partial charge in [-0.1, -0.05) is 36.4 Å². The molecule has 7 heteroatoms. The predicted octanol–water partition coefficient (Wildman–Crippen LogP) is 3.62. The first-order valence-electron chi connectivity index (χ1n) is 10.5. The fourth-order valence-electron chi connectivity index (χ4n) is 4.16. The molecule has 2 heterocycles. The first-order chi connectivity index (χ1) is 14.8. The smallest absolute Gasteiger partial charge is 0.285 e. The molecule has 2 aromatic carbocycles. The van der Waals surface area contributed by atoms with Crippen molar-refractivity contribution >= 4 is 26.7 Å². The van der Waals surface area contributed by atoms with E-state index < -0.39 is 10.0 Å². The molecule has 0 spiro atoms. The van der Waals surface area contributed by atoms with Gasteiger partial charge in [0.1, 0.15) is 10.7 Å². The number of amidine groups is 1. The fraction of sp³-hybridized carbons (Fsp3) is 0.333. The van der Waals surface area contributed by atoms with Crippen molar-refractivity contribution in [1.29, 1.82) is 0 Å². The molecule has 0 N–H and O–H groups in total. The Morgan fingerprint density at radius 2 is 1.65 bits per heavy atom. The van der Waals surface area contributed by atoms with Gasteiger partial charge in [0.25, 0.3) is 15.9 Å². The number of carbonyl (C=O) groups is 1. The van der Waals surface area contributed by atoms with Crippen LogP contribution in [0.15, 0.2) is 58.5 Å². The number of rotatable bonds is 2. The van der Waals surface area contributed by atoms with Crippen LogP contribution in [0.25, 0.3) is 4.91 Å². The van der Waals surface area contributed by atoms with Crippen LogP contribution >= 0.6 is 0 Å². The van der Waals surface area contributed by atoms with Gasteiger partial charge in [0.2, 0.25) is 0 Å². The van der Waals surface area contributed by atoms with E-state index >= 15 is 0 Å². The number of aryl methyl sites for hydroxylation is 2. The molecular formula is C24H27N3O3S. The van der Waals surface area contributed by atoms with E-state index in [1.54, 1.807) is 12.1 Å². The minimum absolute atomic E-state index is 0.0168. The van der Waals surface area contributed by atoms with Gasteiger partial charge in [-0.15, -0.1) is 4.40 Å². The number of hydrogen-bond donors (Lipinski definition) is 0. The summed E-state index contributed by atoms with van der Waals surface area (Å²) in [6.45, 7) is 8.22. The van der Waals surface area contributed by atoms with E-state index in [1.807, 2.05) is 67.0 Å². The summed E-state index contributed by atoms with van der Waals surface area (Å²) in [5.74, 6) is 0.516. The van der Waals surface area contributed by atoms with E-state index in [2.05, 4.69) is 4.40 Å². The molecule has 2 aliphatic rings. The van der Waals surface area contributed by atoms with Crippen LogP contribution in [0.4, 0.5) is 0 Å². The molecule has 162 valence electrons. The van der Waals surface area contributed by atoms with Crippen LogP contribution in [0.1, 0.15) is 40.4 Å². The van der Waals surface area contributed by atoms with E-state index in [0.717, 1.165) is 17.5 Å². The molecule has 0 radical (unpaired) electrons. The van der Waals surface area contributed by atoms with Gasteiger partial charge in [-0.2, -0.15) is 8.42 Å². The van der Waals surface area contributed by atoms with Gasteiger partial charge in [-0.25, -0.2) is 0 Å². The summed E-state index contributed by atoms with van der Waals surface area (Å²) in [6, 6.07) is 14.9. The zero-order valence-corrected chi connectivity index (χ0v) is 18.9. The fourth-order valence-corrected chi connectivity index (χ4v) is 5.65. The van der Waals surface area contributed by atoms with Crippen molar-refractivity contribution in [3.63, 3.8) is 0 Å². The van der Waals surface area contributed by atoms with Crippen molar-refractivity contribution in [1.82, 2.24) is 9.80 Å². The zero-order chi connectivity index (χ0) is 22.2. The van der Waals surface area contributed by atoms with Gasteiger partial charge in [0.05, 0.1) is 0 Å². The molecule has 2 aromatic rings. The second-order valence-electron chi connectivity index (χ2n) is 8.14. The molecular weight excluding hydrogens is 410 g/mol. The summed E-state index contributed by atoms with van der Waals surface area (Å²) in [5.41, 5.74) is 4.28. The number of amides is 1. The van der Waals surface area contributed by atoms with Gasteiger partial charge >= 0.3 is 0 Å². The first kappa shape index (κ1) is 21.3. The Kier molecular flexibility index (Phi) is 5.71. The van der Waals surface area contributed by atoms with Crippen LogP contribution < -0.4 is 0 Å². The highest BCUT2D eigenvalue weighted by atomic mass is 32.2. The van der Waals surface area contributed by atoms with Crippen LogP contribution in [0.2, 0.25) is 0 Å². The van der Waals surface area contributed by atoms with E-state index in [0.29, 0.717) is 48.7 Å². The largest absolute Gasteiger partial charge is 0.354 e. The summed E-state index contributed by atoms with van der Waals surface area (Å²) in [7, 11) is -3.74. The Bertz CT molecular complexity index is 1180. The molecule has 0 saturated carbocycles. The molecule has 0 bridgehead atoms. The van der Waals surface area contributed by atoms with Gasteiger partial charge in [0.15, 0.2) is 0 Å². The molecule has 2 aliphatic heterocycles. The van der Waals surface area contributed by atoms with E-state index in [-0.39, 0.29) is 10.8 Å². The van der Waals surface area contributed by atoms with Crippen molar-refractivity contribution in [2.24, 2.45) is 4.40 Å². The topological polar surface area (TPSA) is 70.1 Å². The van der Waals surface area contributed by atoms with E-state index in [4.69, 9.17) is 0 Å². The van der Waals surface area contributed by atoms with Crippen molar-refractivity contribution in [2.45, 2.75) is 27.2 Å². The molecule has 4 rings (SSSR count). The second-order valence-corrected chi connectivity index (χ2v) is 9.68. The monoisotopic (exact) mass is 437 g/mol. The minimum Gasteiger partial charge on any atom is -0.354 e. The van der Waals surface area contributed by atoms with Crippen molar-refractivity contribution in [3.8, 4) is 0 Å². The Hall–Kier alpha value is -2.93. The van der Waals surface area contributed by atoms with Gasteiger partial charge in [-0.05, 0) is 56.0 Å². The van der Waals surface area contributed by atoms with E-state index in [9.17, 15) is 13.2 Å². The normalized spacial score (nSPS) is 18.7. The first-order valence-corrected chi connectivity index (χ1v) is 11.9. The van der Waals surface area contributed by atoms with E-state index in [1.165, 1.54) is 0 Å². The summed E-state index contributed by atoms with van der Waals surface area (Å²) >= 11 is 0. The van der Waals surface area contributed by atoms with Gasteiger partial charge in [0, 0.05) is 37.3 Å². The quantitative estimate of drug-likeness (QED) is 0.720. The standard InChI is InChI=1S/C24H27N3O3S/c1-17-10-11-21(16-18(17)2)24(28)27-13-7-12-26(14-15-27)23-19(3)22(31(29,30)25-23)20-8-5-4-6-9-20/h4-6,8-11,16H,7,12-15H2,1-3H3. The lowest BCUT2D eigenvalue weighted by Gasteiger charge is -2.24. The number of nitrogens with zero attached hydrogens (tertiary/aromatic N) is 3. The average molecular weight is 438 g/mol. The molecule has 0 aliphatic carbocycles. The molecule has 0 unspecified atom stereocenters.